The Morgan fingerprint density at radius 2 is 1.33 bits per heavy atom. The van der Waals surface area contributed by atoms with Crippen molar-refractivity contribution in [2.45, 2.75) is 30.0 Å². The van der Waals surface area contributed by atoms with E-state index in [0.717, 1.165) is 67.3 Å². The van der Waals surface area contributed by atoms with Crippen LogP contribution in [0, 0.1) is 5.82 Å². The molecule has 0 aromatic heterocycles. The van der Waals surface area contributed by atoms with E-state index in [-0.39, 0.29) is 18.0 Å². The Morgan fingerprint density at radius 3 is 1.85 bits per heavy atom. The fraction of sp³-hybridized carbons (Fsp3) is 0.263. The third kappa shape index (κ3) is 7.89. The highest BCUT2D eigenvalue weighted by molar-refractivity contribution is 6.30. The van der Waals surface area contributed by atoms with Crippen molar-refractivity contribution in [3.63, 3.8) is 0 Å². The minimum atomic E-state index is -3.95. The largest absolute Gasteiger partial charge is 0.490 e. The number of para-hydroxylation sites is 1. The van der Waals surface area contributed by atoms with Crippen LogP contribution < -0.4 is 10.1 Å². The number of carboxylic acid groups (broad SMARTS) is 2. The second kappa shape index (κ2) is 16.5. The first kappa shape index (κ1) is 38.2. The van der Waals surface area contributed by atoms with E-state index in [9.17, 15) is 44.0 Å². The van der Waals surface area contributed by atoms with E-state index in [1.54, 1.807) is 6.07 Å². The van der Waals surface area contributed by atoms with Crippen molar-refractivity contribution in [2.75, 3.05) is 32.8 Å². The van der Waals surface area contributed by atoms with Crippen molar-refractivity contribution in [3.05, 3.63) is 136 Å². The number of hydrogen-bond donors (Lipinski definition) is 5. The fourth-order valence-corrected chi connectivity index (χ4v) is 6.42. The molecule has 14 heteroatoms. The Labute approximate surface area is 303 Å². The van der Waals surface area contributed by atoms with Crippen LogP contribution in [0.5, 0.6) is 5.75 Å². The van der Waals surface area contributed by atoms with Crippen molar-refractivity contribution in [2.24, 2.45) is 0 Å². The first-order valence-electron chi connectivity index (χ1n) is 16.2. The van der Waals surface area contributed by atoms with Gasteiger partial charge in [-0.05, 0) is 29.8 Å². The van der Waals surface area contributed by atoms with Crippen LogP contribution in [0.3, 0.4) is 0 Å². The van der Waals surface area contributed by atoms with Gasteiger partial charge in [0.2, 0.25) is 11.6 Å². The van der Waals surface area contributed by atoms with Crippen molar-refractivity contribution in [1.29, 1.82) is 0 Å². The molecule has 12 nitrogen and oxygen atoms in total. The quantitative estimate of drug-likeness (QED) is 0.111. The molecule has 4 aromatic rings. The number of aliphatic carboxylic acids is 2. The number of benzene rings is 4. The number of nitrogens with zero attached hydrogens (tertiary/aromatic N) is 1. The average Bonchev–Trinajstić information content (AvgIpc) is 3.16. The molecule has 0 spiro atoms. The SMILES string of the molecule is Fc1cc(Cl)cc(CO[C@@H]2COc3ccccc3[C@H]2N2CCNCC2)c1.O=C(O)C(O)(C(=O)c1ccccc1)C(O)(C(=O)O)C(=O)c1ccccc1. The van der Waals surface area contributed by atoms with Crippen LogP contribution in [-0.2, 0) is 20.9 Å². The molecule has 4 aromatic carbocycles. The highest BCUT2D eigenvalue weighted by atomic mass is 35.5. The maximum Gasteiger partial charge on any atom is 0.348 e. The van der Waals surface area contributed by atoms with Crippen LogP contribution in [0.1, 0.15) is 37.9 Å². The summed E-state index contributed by atoms with van der Waals surface area (Å²) in [5, 5.41) is 43.6. The Morgan fingerprint density at radius 1 is 0.808 bits per heavy atom. The highest BCUT2D eigenvalue weighted by Gasteiger charge is 2.69. The summed E-state index contributed by atoms with van der Waals surface area (Å²) in [7, 11) is 0. The lowest BCUT2D eigenvalue weighted by molar-refractivity contribution is -0.187. The molecule has 5 N–H and O–H groups in total. The maximum absolute atomic E-state index is 13.6. The van der Waals surface area contributed by atoms with Gasteiger partial charge < -0.3 is 35.2 Å². The van der Waals surface area contributed by atoms with Gasteiger partial charge in [0, 0.05) is 47.9 Å². The molecule has 2 aliphatic rings. The van der Waals surface area contributed by atoms with E-state index in [0.29, 0.717) is 18.2 Å². The Bertz CT molecular complexity index is 1820. The number of nitrogens with one attached hydrogen (secondary N) is 1. The summed E-state index contributed by atoms with van der Waals surface area (Å²) < 4.78 is 25.7. The van der Waals surface area contributed by atoms with E-state index in [1.807, 2.05) is 18.2 Å². The summed E-state index contributed by atoms with van der Waals surface area (Å²) in [5.41, 5.74) is -6.80. The molecule has 52 heavy (non-hydrogen) atoms. The summed E-state index contributed by atoms with van der Waals surface area (Å²) in [5.74, 6) is -7.45. The van der Waals surface area contributed by atoms with Crippen LogP contribution in [0.2, 0.25) is 5.02 Å². The van der Waals surface area contributed by atoms with Crippen LogP contribution in [-0.4, -0.2) is 98.9 Å². The molecule has 4 atom stereocenters. The number of fused-ring (bicyclic) bond motifs is 1. The summed E-state index contributed by atoms with van der Waals surface area (Å²) in [6, 6.07) is 25.6. The lowest BCUT2D eigenvalue weighted by atomic mass is 9.73. The fourth-order valence-electron chi connectivity index (χ4n) is 6.18. The highest BCUT2D eigenvalue weighted by Crippen LogP contribution is 2.38. The number of aliphatic hydroxyl groups is 2. The van der Waals surface area contributed by atoms with Crippen LogP contribution in [0.25, 0.3) is 0 Å². The smallest absolute Gasteiger partial charge is 0.348 e. The lowest BCUT2D eigenvalue weighted by Gasteiger charge is -2.42. The zero-order valence-electron chi connectivity index (χ0n) is 27.7. The van der Waals surface area contributed by atoms with Gasteiger partial charge in [-0.25, -0.2) is 14.0 Å². The maximum atomic E-state index is 13.6. The number of hydrogen-bond acceptors (Lipinski definition) is 10. The molecule has 0 aliphatic carbocycles. The van der Waals surface area contributed by atoms with Gasteiger partial charge >= 0.3 is 11.9 Å². The number of carbonyl (C=O) groups is 4. The lowest BCUT2D eigenvalue weighted by Crippen LogP contribution is -2.71. The molecular weight excluding hydrogens is 699 g/mol. The van der Waals surface area contributed by atoms with Gasteiger partial charge in [0.15, 0.2) is 0 Å². The molecule has 2 heterocycles. The number of carbonyl (C=O) groups excluding carboxylic acids is 2. The standard InChI is InChI=1S/C20H22ClFN2O2.C18H14O8/c21-15-9-14(10-16(22)11-15)12-25-19-13-26-18-4-2-1-3-17(18)20(19)24-7-5-23-6-8-24;19-13(11-7-3-1-4-8-11)17(25,15(21)22)18(26,16(23)24)14(20)12-9-5-2-6-10-12/h1-4,9-11,19-20,23H,5-8,12-13H2;1-10,25-26H,(H,21,22)(H,23,24)/t19-,20-;/m1./s1. The molecule has 2 unspecified atom stereocenters. The molecule has 272 valence electrons. The summed E-state index contributed by atoms with van der Waals surface area (Å²) in [4.78, 5) is 51.0. The summed E-state index contributed by atoms with van der Waals surface area (Å²) in [6.07, 6.45) is -0.120. The molecule has 0 amide bonds. The number of halogens is 2. The molecule has 6 rings (SSSR count). The van der Waals surface area contributed by atoms with Gasteiger partial charge in [-0.1, -0.05) is 90.5 Å². The van der Waals surface area contributed by atoms with Crippen molar-refractivity contribution < 1.29 is 53.5 Å². The van der Waals surface area contributed by atoms with Gasteiger partial charge in [-0.3, -0.25) is 14.5 Å². The minimum Gasteiger partial charge on any atom is -0.490 e. The number of carboxylic acids is 2. The molecular formula is C38H36ClFN2O10. The predicted octanol–water partition coefficient (Wildman–Crippen LogP) is 3.79. The zero-order chi connectivity index (χ0) is 37.5. The van der Waals surface area contributed by atoms with Crippen LogP contribution in [0.15, 0.2) is 103 Å². The third-order valence-electron chi connectivity index (χ3n) is 8.80. The number of ether oxygens (including phenoxy) is 2. The van der Waals surface area contributed by atoms with E-state index in [1.165, 1.54) is 48.5 Å². The Hall–Kier alpha value is -5.02. The first-order valence-corrected chi connectivity index (χ1v) is 16.6. The van der Waals surface area contributed by atoms with Gasteiger partial charge in [0.1, 0.15) is 24.3 Å². The number of ketones is 2. The topological polar surface area (TPSA) is 183 Å². The van der Waals surface area contributed by atoms with Crippen molar-refractivity contribution in [1.82, 2.24) is 10.2 Å². The van der Waals surface area contributed by atoms with Gasteiger partial charge in [-0.2, -0.15) is 0 Å². The monoisotopic (exact) mass is 734 g/mol. The molecule has 0 radical (unpaired) electrons. The number of piperazine rings is 1. The molecule has 1 saturated heterocycles. The Balaban J connectivity index is 0.000000201. The van der Waals surface area contributed by atoms with Crippen LogP contribution in [0.4, 0.5) is 4.39 Å². The zero-order valence-corrected chi connectivity index (χ0v) is 28.4. The first-order chi connectivity index (χ1) is 24.9. The predicted molar refractivity (Wildman–Crippen MR) is 186 cm³/mol. The molecule has 2 aliphatic heterocycles. The molecule has 0 bridgehead atoms. The van der Waals surface area contributed by atoms with E-state index < -0.39 is 45.8 Å². The average molecular weight is 735 g/mol. The van der Waals surface area contributed by atoms with Gasteiger partial charge in [0.25, 0.3) is 11.2 Å². The van der Waals surface area contributed by atoms with Crippen molar-refractivity contribution in [3.8, 4) is 5.75 Å². The van der Waals surface area contributed by atoms with Crippen molar-refractivity contribution >= 4 is 35.1 Å². The molecule has 0 saturated carbocycles. The third-order valence-corrected chi connectivity index (χ3v) is 9.01. The van der Waals surface area contributed by atoms with Gasteiger partial charge in [-0.15, -0.1) is 0 Å². The Kier molecular flexibility index (Phi) is 12.2. The van der Waals surface area contributed by atoms with E-state index in [2.05, 4.69) is 16.3 Å². The normalized spacial score (nSPS) is 19.3. The summed E-state index contributed by atoms with van der Waals surface area (Å²) >= 11 is 5.95. The number of rotatable bonds is 11. The van der Waals surface area contributed by atoms with Crippen LogP contribution >= 0.6 is 11.6 Å². The second-order valence-electron chi connectivity index (χ2n) is 12.1. The van der Waals surface area contributed by atoms with E-state index in [4.69, 9.17) is 21.1 Å². The number of Topliss-reactive ketones (excluding diaryl/α,β-unsaturated/α-hetero) is 2. The second-order valence-corrected chi connectivity index (χ2v) is 12.6. The molecule has 1 fully saturated rings. The summed E-state index contributed by atoms with van der Waals surface area (Å²) in [6.45, 7) is 4.64. The van der Waals surface area contributed by atoms with Gasteiger partial charge in [0.05, 0.1) is 12.6 Å². The van der Waals surface area contributed by atoms with E-state index >= 15 is 0 Å². The minimum absolute atomic E-state index is 0.120.